The lowest BCUT2D eigenvalue weighted by molar-refractivity contribution is 0.0686. The van der Waals surface area contributed by atoms with Gasteiger partial charge in [-0.05, 0) is 6.07 Å². The molecule has 0 aliphatic heterocycles. The van der Waals surface area contributed by atoms with Gasteiger partial charge in [0.1, 0.15) is 5.69 Å². The molecule has 16 heavy (non-hydrogen) atoms. The maximum absolute atomic E-state index is 11.6. The second-order valence-electron chi connectivity index (χ2n) is 3.30. The summed E-state index contributed by atoms with van der Waals surface area (Å²) in [5, 5.41) is 12.0. The maximum atomic E-state index is 11.6. The van der Waals surface area contributed by atoms with Crippen LogP contribution in [0.25, 0.3) is 10.9 Å². The number of aromatic amines is 1. The topological polar surface area (TPSA) is 82.2 Å². The lowest BCUT2D eigenvalue weighted by Gasteiger charge is -1.99. The van der Waals surface area contributed by atoms with Gasteiger partial charge in [-0.2, -0.15) is 0 Å². The Balaban J connectivity index is 2.79. The molecule has 0 radical (unpaired) electrons. The van der Waals surface area contributed by atoms with Crippen LogP contribution >= 0.6 is 0 Å². The molecule has 0 unspecified atom stereocenters. The third-order valence-electron chi connectivity index (χ3n) is 2.37. The molecule has 0 saturated heterocycles. The summed E-state index contributed by atoms with van der Waals surface area (Å²) in [6.07, 6.45) is 0. The summed E-state index contributed by atoms with van der Waals surface area (Å²) in [5.41, 5.74) is 0.727. The number of para-hydroxylation sites is 1. The smallest absolute Gasteiger partial charge is 0.353 e. The standard InChI is InChI=1S/C11H10N2O3/c1-12-10(14)8-6-4-2-3-5-7(6)13-9(8)11(15)16/h2-5,13H,1H3,(H,12,14)(H,15,16). The van der Waals surface area contributed by atoms with Gasteiger partial charge >= 0.3 is 5.97 Å². The zero-order valence-corrected chi connectivity index (χ0v) is 8.57. The van der Waals surface area contributed by atoms with Gasteiger partial charge in [-0.1, -0.05) is 18.2 Å². The summed E-state index contributed by atoms with van der Waals surface area (Å²) < 4.78 is 0. The Hall–Kier alpha value is -2.30. The summed E-state index contributed by atoms with van der Waals surface area (Å²) in [6.45, 7) is 0. The molecular formula is C11H10N2O3. The van der Waals surface area contributed by atoms with Gasteiger partial charge in [0.15, 0.2) is 0 Å². The molecule has 2 aromatic rings. The summed E-state index contributed by atoms with van der Waals surface area (Å²) in [5.74, 6) is -1.55. The number of fused-ring (bicyclic) bond motifs is 1. The Morgan fingerprint density at radius 2 is 2.00 bits per heavy atom. The Labute approximate surface area is 91.1 Å². The minimum atomic E-state index is -1.14. The minimum absolute atomic E-state index is 0.0828. The van der Waals surface area contributed by atoms with Crippen molar-refractivity contribution in [3.63, 3.8) is 0 Å². The lowest BCUT2D eigenvalue weighted by Crippen LogP contribution is -2.20. The number of carboxylic acid groups (broad SMARTS) is 1. The number of carbonyl (C=O) groups excluding carboxylic acids is 1. The molecule has 2 rings (SSSR count). The molecule has 0 spiro atoms. The molecule has 0 saturated carbocycles. The van der Waals surface area contributed by atoms with Crippen molar-refractivity contribution < 1.29 is 14.7 Å². The highest BCUT2D eigenvalue weighted by Gasteiger charge is 2.21. The van der Waals surface area contributed by atoms with Gasteiger partial charge in [-0.25, -0.2) is 4.79 Å². The number of hydrogen-bond donors (Lipinski definition) is 3. The Morgan fingerprint density at radius 1 is 1.31 bits per heavy atom. The van der Waals surface area contributed by atoms with Crippen molar-refractivity contribution in [3.05, 3.63) is 35.5 Å². The van der Waals surface area contributed by atoms with Gasteiger partial charge < -0.3 is 15.4 Å². The molecule has 1 aromatic heterocycles. The fourth-order valence-electron chi connectivity index (χ4n) is 1.66. The van der Waals surface area contributed by atoms with E-state index in [4.69, 9.17) is 5.11 Å². The van der Waals surface area contributed by atoms with E-state index in [0.29, 0.717) is 10.9 Å². The third kappa shape index (κ3) is 1.42. The SMILES string of the molecule is CNC(=O)c1c(C(=O)O)[nH]c2ccccc12. The van der Waals surface area contributed by atoms with Crippen LogP contribution in [-0.2, 0) is 0 Å². The highest BCUT2D eigenvalue weighted by atomic mass is 16.4. The first-order chi connectivity index (χ1) is 7.65. The first-order valence-corrected chi connectivity index (χ1v) is 4.71. The van der Waals surface area contributed by atoms with Crippen LogP contribution < -0.4 is 5.32 Å². The average molecular weight is 218 g/mol. The molecule has 0 aliphatic rings. The van der Waals surface area contributed by atoms with Crippen molar-refractivity contribution in [3.8, 4) is 0 Å². The number of aromatic nitrogens is 1. The van der Waals surface area contributed by atoms with E-state index >= 15 is 0 Å². The van der Waals surface area contributed by atoms with Crippen molar-refractivity contribution in [2.24, 2.45) is 0 Å². The largest absolute Gasteiger partial charge is 0.477 e. The van der Waals surface area contributed by atoms with Crippen molar-refractivity contribution in [1.29, 1.82) is 0 Å². The van der Waals surface area contributed by atoms with Crippen molar-refractivity contribution in [2.45, 2.75) is 0 Å². The van der Waals surface area contributed by atoms with Crippen LogP contribution in [0.1, 0.15) is 20.8 Å². The molecule has 0 aliphatic carbocycles. The van der Waals surface area contributed by atoms with Crippen LogP contribution in [0.3, 0.4) is 0 Å². The van der Waals surface area contributed by atoms with Crippen LogP contribution in [0.15, 0.2) is 24.3 Å². The first kappa shape index (κ1) is 10.2. The van der Waals surface area contributed by atoms with Gasteiger partial charge in [-0.3, -0.25) is 4.79 Å². The van der Waals surface area contributed by atoms with E-state index in [1.807, 2.05) is 0 Å². The van der Waals surface area contributed by atoms with Gasteiger partial charge in [0.2, 0.25) is 0 Å². The van der Waals surface area contributed by atoms with Crippen LogP contribution in [0.4, 0.5) is 0 Å². The van der Waals surface area contributed by atoms with Crippen LogP contribution in [0.5, 0.6) is 0 Å². The molecule has 1 heterocycles. The van der Waals surface area contributed by atoms with Crippen LogP contribution in [0.2, 0.25) is 0 Å². The number of aromatic carboxylic acids is 1. The number of hydrogen-bond acceptors (Lipinski definition) is 2. The molecule has 0 bridgehead atoms. The highest BCUT2D eigenvalue weighted by Crippen LogP contribution is 2.22. The molecule has 0 fully saturated rings. The number of benzene rings is 1. The normalized spacial score (nSPS) is 10.3. The van der Waals surface area contributed by atoms with Gasteiger partial charge in [0.25, 0.3) is 5.91 Å². The van der Waals surface area contributed by atoms with E-state index in [9.17, 15) is 9.59 Å². The van der Waals surface area contributed by atoms with Crippen molar-refractivity contribution in [1.82, 2.24) is 10.3 Å². The predicted octanol–water partition coefficient (Wildman–Crippen LogP) is 1.23. The number of carboxylic acids is 1. The van der Waals surface area contributed by atoms with Crippen molar-refractivity contribution in [2.75, 3.05) is 7.05 Å². The molecular weight excluding hydrogens is 208 g/mol. The summed E-state index contributed by atoms with van der Waals surface area (Å²) in [6, 6.07) is 6.98. The Bertz CT molecular complexity index is 572. The number of nitrogens with one attached hydrogen (secondary N) is 2. The third-order valence-corrected chi connectivity index (χ3v) is 2.37. The van der Waals surface area contributed by atoms with E-state index in [-0.39, 0.29) is 11.3 Å². The fraction of sp³-hybridized carbons (Fsp3) is 0.0909. The van der Waals surface area contributed by atoms with Gasteiger partial charge in [0, 0.05) is 18.0 Å². The molecule has 0 atom stereocenters. The maximum Gasteiger partial charge on any atom is 0.353 e. The lowest BCUT2D eigenvalue weighted by atomic mass is 10.1. The number of H-pyrrole nitrogens is 1. The zero-order valence-electron chi connectivity index (χ0n) is 8.57. The minimum Gasteiger partial charge on any atom is -0.477 e. The number of rotatable bonds is 2. The number of carbonyl (C=O) groups is 2. The molecule has 82 valence electrons. The van der Waals surface area contributed by atoms with E-state index in [0.717, 1.165) is 0 Å². The molecule has 1 amide bonds. The zero-order chi connectivity index (χ0) is 11.7. The Kier molecular flexibility index (Phi) is 2.36. The van der Waals surface area contributed by atoms with Crippen LogP contribution in [-0.4, -0.2) is 29.0 Å². The van der Waals surface area contributed by atoms with E-state index < -0.39 is 11.9 Å². The summed E-state index contributed by atoms with van der Waals surface area (Å²) in [7, 11) is 1.47. The molecule has 5 heteroatoms. The second kappa shape index (κ2) is 3.69. The monoisotopic (exact) mass is 218 g/mol. The van der Waals surface area contributed by atoms with Gasteiger partial charge in [0.05, 0.1) is 5.56 Å². The molecule has 3 N–H and O–H groups in total. The average Bonchev–Trinajstić information content (AvgIpc) is 2.67. The Morgan fingerprint density at radius 3 is 2.62 bits per heavy atom. The summed E-state index contributed by atoms with van der Waals surface area (Å²) in [4.78, 5) is 25.3. The van der Waals surface area contributed by atoms with Crippen LogP contribution in [0, 0.1) is 0 Å². The van der Waals surface area contributed by atoms with E-state index in [1.165, 1.54) is 7.05 Å². The quantitative estimate of drug-likeness (QED) is 0.708. The predicted molar refractivity (Wildman–Crippen MR) is 58.6 cm³/mol. The molecule has 5 nitrogen and oxygen atoms in total. The second-order valence-corrected chi connectivity index (χ2v) is 3.30. The number of amides is 1. The van der Waals surface area contributed by atoms with E-state index in [2.05, 4.69) is 10.3 Å². The van der Waals surface area contributed by atoms with Crippen molar-refractivity contribution >= 4 is 22.8 Å². The fourth-order valence-corrected chi connectivity index (χ4v) is 1.66. The first-order valence-electron chi connectivity index (χ1n) is 4.71. The van der Waals surface area contributed by atoms with E-state index in [1.54, 1.807) is 24.3 Å². The summed E-state index contributed by atoms with van der Waals surface area (Å²) >= 11 is 0. The molecule has 1 aromatic carbocycles. The highest BCUT2D eigenvalue weighted by molar-refractivity contribution is 6.14. The van der Waals surface area contributed by atoms with Gasteiger partial charge in [-0.15, -0.1) is 0 Å².